The van der Waals surface area contributed by atoms with Gasteiger partial charge in [-0.2, -0.15) is 0 Å². The highest BCUT2D eigenvalue weighted by Gasteiger charge is 2.62. The van der Waals surface area contributed by atoms with Gasteiger partial charge in [0.2, 0.25) is 5.91 Å². The monoisotopic (exact) mass is 465 g/mol. The lowest BCUT2D eigenvalue weighted by Gasteiger charge is -2.44. The minimum atomic E-state index is -2.75. The number of hydrogen-bond donors (Lipinski definition) is 0. The molecule has 1 aliphatic heterocycles. The molecule has 1 aliphatic carbocycles. The molecule has 1 saturated carbocycles. The van der Waals surface area contributed by atoms with Gasteiger partial charge in [-0.1, -0.05) is 81.4 Å². The zero-order valence-electron chi connectivity index (χ0n) is 20.5. The van der Waals surface area contributed by atoms with Crippen LogP contribution in [0.4, 0.5) is 4.79 Å². The van der Waals surface area contributed by atoms with Crippen LogP contribution >= 0.6 is 0 Å². The number of hydrogen-bond acceptors (Lipinski definition) is 4. The molecule has 3 atom stereocenters. The molecule has 4 rings (SSSR count). The third-order valence-electron chi connectivity index (χ3n) is 6.70. The third-order valence-corrected chi connectivity index (χ3v) is 11.7. The molecule has 33 heavy (non-hydrogen) atoms. The number of carbonyl (C=O) groups excluding carboxylic acids is 2. The molecule has 0 bridgehead atoms. The van der Waals surface area contributed by atoms with Crippen LogP contribution in [0.3, 0.4) is 0 Å². The predicted molar refractivity (Wildman–Crippen MR) is 132 cm³/mol. The Hall–Kier alpha value is -2.44. The number of fused-ring (bicyclic) bond motifs is 1. The van der Waals surface area contributed by atoms with Crippen LogP contribution in [0.15, 0.2) is 60.7 Å². The molecule has 2 amide bonds. The molecule has 2 aliphatic rings. The highest BCUT2D eigenvalue weighted by molar-refractivity contribution is 6.99. The molecule has 2 aromatic rings. The van der Waals surface area contributed by atoms with Crippen molar-refractivity contribution in [2.24, 2.45) is 11.8 Å². The van der Waals surface area contributed by atoms with Crippen molar-refractivity contribution in [2.45, 2.75) is 64.6 Å². The van der Waals surface area contributed by atoms with Crippen LogP contribution in [0.5, 0.6) is 0 Å². The van der Waals surface area contributed by atoms with Crippen molar-refractivity contribution in [1.82, 2.24) is 4.90 Å². The number of likely N-dealkylation sites (tertiary alicyclic amines) is 1. The predicted octanol–water partition coefficient (Wildman–Crippen LogP) is 4.35. The van der Waals surface area contributed by atoms with Crippen LogP contribution in [0.25, 0.3) is 0 Å². The first-order chi connectivity index (χ1) is 15.5. The van der Waals surface area contributed by atoms with Crippen molar-refractivity contribution in [2.75, 3.05) is 6.61 Å². The average Bonchev–Trinajstić information content (AvgIpc) is 3.48. The van der Waals surface area contributed by atoms with E-state index in [1.165, 1.54) is 15.3 Å². The first-order valence-electron chi connectivity index (χ1n) is 11.8. The molecule has 0 radical (unpaired) electrons. The molecule has 2 unspecified atom stereocenters. The maximum atomic E-state index is 12.9. The van der Waals surface area contributed by atoms with E-state index in [0.717, 1.165) is 6.42 Å². The summed E-state index contributed by atoms with van der Waals surface area (Å²) >= 11 is 0. The van der Waals surface area contributed by atoms with E-state index in [-0.39, 0.29) is 28.8 Å². The second-order valence-corrected chi connectivity index (χ2v) is 15.5. The van der Waals surface area contributed by atoms with Crippen LogP contribution in [-0.4, -0.2) is 43.5 Å². The summed E-state index contributed by atoms with van der Waals surface area (Å²) < 4.78 is 12.6. The number of imide groups is 1. The van der Waals surface area contributed by atoms with Gasteiger partial charge in [-0.15, -0.1) is 0 Å². The summed E-state index contributed by atoms with van der Waals surface area (Å²) in [4.78, 5) is 27.2. The van der Waals surface area contributed by atoms with E-state index in [4.69, 9.17) is 9.16 Å². The summed E-state index contributed by atoms with van der Waals surface area (Å²) in [6.07, 6.45) is 0.267. The number of ether oxygens (including phenoxy) is 1. The van der Waals surface area contributed by atoms with Crippen LogP contribution < -0.4 is 10.4 Å². The lowest BCUT2D eigenvalue weighted by Crippen LogP contribution is -2.67. The van der Waals surface area contributed by atoms with Crippen LogP contribution in [0.2, 0.25) is 5.04 Å². The second-order valence-electron chi connectivity index (χ2n) is 11.2. The van der Waals surface area contributed by atoms with E-state index in [2.05, 4.69) is 69.3 Å². The van der Waals surface area contributed by atoms with Crippen molar-refractivity contribution < 1.29 is 18.8 Å². The lowest BCUT2D eigenvalue weighted by atomic mass is 10.2. The summed E-state index contributed by atoms with van der Waals surface area (Å²) in [5, 5.41) is 2.20. The molecule has 2 aromatic carbocycles. The normalized spacial score (nSPS) is 22.8. The van der Waals surface area contributed by atoms with Gasteiger partial charge in [-0.25, -0.2) is 9.69 Å². The fourth-order valence-corrected chi connectivity index (χ4v) is 9.74. The Balaban J connectivity index is 1.70. The Morgan fingerprint density at radius 1 is 0.939 bits per heavy atom. The van der Waals surface area contributed by atoms with E-state index in [1.807, 2.05) is 32.9 Å². The molecule has 2 fully saturated rings. The van der Waals surface area contributed by atoms with Gasteiger partial charge in [0, 0.05) is 5.92 Å². The van der Waals surface area contributed by atoms with Gasteiger partial charge in [0.15, 0.2) is 0 Å². The maximum absolute atomic E-state index is 12.9. The number of benzene rings is 2. The van der Waals surface area contributed by atoms with Gasteiger partial charge >= 0.3 is 6.09 Å². The number of nitrogens with zero attached hydrogens (tertiary/aromatic N) is 1. The molecule has 1 saturated heterocycles. The molecule has 0 spiro atoms. The summed E-state index contributed by atoms with van der Waals surface area (Å²) in [7, 11) is -2.75. The van der Waals surface area contributed by atoms with Crippen LogP contribution in [0, 0.1) is 11.8 Å². The van der Waals surface area contributed by atoms with Crippen molar-refractivity contribution in [3.05, 3.63) is 60.7 Å². The Morgan fingerprint density at radius 2 is 1.45 bits per heavy atom. The minimum Gasteiger partial charge on any atom is -0.443 e. The highest BCUT2D eigenvalue weighted by Crippen LogP contribution is 2.51. The molecule has 0 N–H and O–H groups in total. The van der Waals surface area contributed by atoms with Gasteiger partial charge < -0.3 is 9.16 Å². The largest absolute Gasteiger partial charge is 0.443 e. The fourth-order valence-electron chi connectivity index (χ4n) is 5.16. The first-order valence-corrected chi connectivity index (χ1v) is 13.7. The Labute approximate surface area is 198 Å². The minimum absolute atomic E-state index is 0.0785. The van der Waals surface area contributed by atoms with Gasteiger partial charge in [0.05, 0.1) is 12.6 Å². The number of amides is 2. The fraction of sp³-hybridized carbons (Fsp3) is 0.481. The Morgan fingerprint density at radius 3 is 1.91 bits per heavy atom. The topological polar surface area (TPSA) is 55.8 Å². The number of piperidine rings is 1. The van der Waals surface area contributed by atoms with Crippen molar-refractivity contribution in [3.8, 4) is 0 Å². The number of rotatable bonds is 5. The summed E-state index contributed by atoms with van der Waals surface area (Å²) in [6.45, 7) is 12.5. The van der Waals surface area contributed by atoms with Gasteiger partial charge in [-0.3, -0.25) is 4.79 Å². The summed E-state index contributed by atoms with van der Waals surface area (Å²) in [5.74, 6) is -0.0428. The van der Waals surface area contributed by atoms with Gasteiger partial charge in [-0.05, 0) is 48.5 Å². The zero-order chi connectivity index (χ0) is 24.0. The SMILES string of the molecule is CC(C)(C)OC(=O)N1C(=O)C2CC2[C@H]1CO[Si](c1ccccc1)(c1ccccc1)C(C)(C)C. The quantitative estimate of drug-likeness (QED) is 0.616. The van der Waals surface area contributed by atoms with E-state index in [1.54, 1.807) is 0 Å². The number of carbonyl (C=O) groups is 2. The molecule has 1 heterocycles. The third kappa shape index (κ3) is 4.38. The summed E-state index contributed by atoms with van der Waals surface area (Å²) in [5.41, 5.74) is -0.659. The highest BCUT2D eigenvalue weighted by atomic mass is 28.4. The standard InChI is InChI=1S/C27H35NO4Si/c1-26(2,3)32-25(30)28-23(21-17-22(21)24(28)29)18-31-33(27(4,5)6,19-13-9-7-10-14-19)20-15-11-8-12-16-20/h7-16,21-23H,17-18H2,1-6H3/t21?,22?,23-/m1/s1. The van der Waals surface area contributed by atoms with E-state index < -0.39 is 20.0 Å². The van der Waals surface area contributed by atoms with Crippen LogP contribution in [-0.2, 0) is 14.0 Å². The van der Waals surface area contributed by atoms with Crippen LogP contribution in [0.1, 0.15) is 48.0 Å². The first kappa shape index (κ1) is 23.7. The molecular formula is C27H35NO4Si. The second kappa shape index (κ2) is 8.40. The van der Waals surface area contributed by atoms with Gasteiger partial charge in [0.1, 0.15) is 5.60 Å². The van der Waals surface area contributed by atoms with E-state index >= 15 is 0 Å². The van der Waals surface area contributed by atoms with E-state index in [0.29, 0.717) is 6.61 Å². The molecule has 5 nitrogen and oxygen atoms in total. The van der Waals surface area contributed by atoms with Crippen molar-refractivity contribution in [1.29, 1.82) is 0 Å². The Bertz CT molecular complexity index is 970. The van der Waals surface area contributed by atoms with E-state index in [9.17, 15) is 9.59 Å². The smallest absolute Gasteiger partial charge is 0.417 e. The van der Waals surface area contributed by atoms with Crippen molar-refractivity contribution >= 4 is 30.7 Å². The van der Waals surface area contributed by atoms with Crippen molar-refractivity contribution in [3.63, 3.8) is 0 Å². The molecular weight excluding hydrogens is 430 g/mol. The average molecular weight is 466 g/mol. The van der Waals surface area contributed by atoms with Gasteiger partial charge in [0.25, 0.3) is 8.32 Å². The Kier molecular flexibility index (Phi) is 6.04. The lowest BCUT2D eigenvalue weighted by molar-refractivity contribution is -0.131. The molecule has 0 aromatic heterocycles. The maximum Gasteiger partial charge on any atom is 0.417 e. The molecule has 6 heteroatoms. The molecule has 176 valence electrons. The zero-order valence-corrected chi connectivity index (χ0v) is 21.5. The summed E-state index contributed by atoms with van der Waals surface area (Å²) in [6, 6.07) is 20.6.